The van der Waals surface area contributed by atoms with Crippen molar-refractivity contribution >= 4 is 5.97 Å². The molecule has 2 aliphatic rings. The van der Waals surface area contributed by atoms with E-state index in [-0.39, 0.29) is 11.9 Å². The van der Waals surface area contributed by atoms with E-state index in [2.05, 4.69) is 17.5 Å². The van der Waals surface area contributed by atoms with Crippen LogP contribution in [-0.2, 0) is 14.3 Å². The van der Waals surface area contributed by atoms with Crippen molar-refractivity contribution < 1.29 is 14.3 Å². The molecule has 1 atom stereocenters. The van der Waals surface area contributed by atoms with Crippen LogP contribution >= 0.6 is 0 Å². The first kappa shape index (κ1) is 13.1. The van der Waals surface area contributed by atoms with Gasteiger partial charge >= 0.3 is 5.97 Å². The van der Waals surface area contributed by atoms with E-state index >= 15 is 0 Å². The number of rotatable bonds is 5. The monoisotopic (exact) mass is 251 g/mol. The zero-order valence-electron chi connectivity index (χ0n) is 10.9. The lowest BCUT2D eigenvalue weighted by Gasteiger charge is -2.28. The molecule has 0 aromatic heterocycles. The highest BCUT2D eigenvalue weighted by Crippen LogP contribution is 2.28. The standard InChI is InChI=1S/C14H21NO3/c1-2-17-7-8-18-14(16)12-9-11-5-3-4-6-13(11)15-10-12/h4,6,12,15H,2-3,5,7-10H2,1H3. The average molecular weight is 251 g/mol. The Morgan fingerprint density at radius 2 is 2.39 bits per heavy atom. The molecule has 1 heterocycles. The lowest BCUT2D eigenvalue weighted by atomic mass is 9.89. The van der Waals surface area contributed by atoms with Crippen molar-refractivity contribution in [2.24, 2.45) is 5.92 Å². The van der Waals surface area contributed by atoms with Crippen molar-refractivity contribution in [2.75, 3.05) is 26.4 Å². The minimum Gasteiger partial charge on any atom is -0.463 e. The maximum absolute atomic E-state index is 11.9. The molecular weight excluding hydrogens is 230 g/mol. The Labute approximate surface area is 108 Å². The zero-order chi connectivity index (χ0) is 12.8. The Hall–Kier alpha value is -1.29. The van der Waals surface area contributed by atoms with Crippen LogP contribution in [-0.4, -0.2) is 32.3 Å². The third-order valence-corrected chi connectivity index (χ3v) is 3.32. The highest BCUT2D eigenvalue weighted by molar-refractivity contribution is 5.73. The van der Waals surface area contributed by atoms with Crippen LogP contribution in [0.3, 0.4) is 0 Å². The van der Waals surface area contributed by atoms with E-state index in [0.717, 1.165) is 19.3 Å². The van der Waals surface area contributed by atoms with Gasteiger partial charge in [0.25, 0.3) is 0 Å². The first-order valence-electron chi connectivity index (χ1n) is 6.68. The maximum atomic E-state index is 11.9. The van der Waals surface area contributed by atoms with Gasteiger partial charge in [-0.05, 0) is 37.8 Å². The van der Waals surface area contributed by atoms with E-state index in [1.807, 2.05) is 6.92 Å². The van der Waals surface area contributed by atoms with E-state index in [1.165, 1.54) is 11.3 Å². The molecule has 4 nitrogen and oxygen atoms in total. The van der Waals surface area contributed by atoms with Gasteiger partial charge in [0.2, 0.25) is 0 Å². The van der Waals surface area contributed by atoms with Crippen LogP contribution in [0.4, 0.5) is 0 Å². The Morgan fingerprint density at radius 3 is 3.22 bits per heavy atom. The molecule has 0 aromatic carbocycles. The third kappa shape index (κ3) is 3.35. The fourth-order valence-electron chi connectivity index (χ4n) is 2.34. The molecule has 0 saturated carbocycles. The molecule has 100 valence electrons. The number of hydrogen-bond donors (Lipinski definition) is 1. The quantitative estimate of drug-likeness (QED) is 0.597. The van der Waals surface area contributed by atoms with Gasteiger partial charge in [0.05, 0.1) is 12.5 Å². The SMILES string of the molecule is CCOCCOC(=O)C1CNC2=C(CCC=C2)C1. The van der Waals surface area contributed by atoms with E-state index in [0.29, 0.717) is 26.4 Å². The molecule has 1 unspecified atom stereocenters. The molecule has 1 N–H and O–H groups in total. The molecule has 18 heavy (non-hydrogen) atoms. The molecule has 1 aliphatic heterocycles. The second-order valence-electron chi connectivity index (χ2n) is 4.60. The third-order valence-electron chi connectivity index (χ3n) is 3.32. The summed E-state index contributed by atoms with van der Waals surface area (Å²) in [5.74, 6) is -0.153. The van der Waals surface area contributed by atoms with Gasteiger partial charge in [0, 0.05) is 18.8 Å². The molecule has 0 fully saturated rings. The summed E-state index contributed by atoms with van der Waals surface area (Å²) in [6.07, 6.45) is 7.26. The fraction of sp³-hybridized carbons (Fsp3) is 0.643. The van der Waals surface area contributed by atoms with Crippen molar-refractivity contribution in [3.05, 3.63) is 23.4 Å². The first-order valence-corrected chi connectivity index (χ1v) is 6.68. The summed E-state index contributed by atoms with van der Waals surface area (Å²) in [7, 11) is 0. The van der Waals surface area contributed by atoms with Gasteiger partial charge in [0.1, 0.15) is 6.61 Å². The molecule has 0 spiro atoms. The van der Waals surface area contributed by atoms with Gasteiger partial charge in [-0.25, -0.2) is 0 Å². The van der Waals surface area contributed by atoms with Crippen LogP contribution < -0.4 is 5.32 Å². The van der Waals surface area contributed by atoms with Gasteiger partial charge in [-0.3, -0.25) is 4.79 Å². The molecule has 4 heteroatoms. The molecule has 0 aromatic rings. The highest BCUT2D eigenvalue weighted by atomic mass is 16.6. The number of ether oxygens (including phenoxy) is 2. The number of carbonyl (C=O) groups excluding carboxylic acids is 1. The van der Waals surface area contributed by atoms with Crippen LogP contribution in [0.5, 0.6) is 0 Å². The van der Waals surface area contributed by atoms with E-state index in [9.17, 15) is 4.79 Å². The predicted molar refractivity (Wildman–Crippen MR) is 69.0 cm³/mol. The Bertz CT molecular complexity index is 360. The normalized spacial score (nSPS) is 22.4. The largest absolute Gasteiger partial charge is 0.463 e. The number of hydrogen-bond acceptors (Lipinski definition) is 4. The van der Waals surface area contributed by atoms with Crippen molar-refractivity contribution in [3.8, 4) is 0 Å². The summed E-state index contributed by atoms with van der Waals surface area (Å²) >= 11 is 0. The van der Waals surface area contributed by atoms with Crippen LogP contribution in [0.2, 0.25) is 0 Å². The van der Waals surface area contributed by atoms with Gasteiger partial charge in [-0.2, -0.15) is 0 Å². The lowest BCUT2D eigenvalue weighted by Crippen LogP contribution is -2.35. The Balaban J connectivity index is 1.79. The van der Waals surface area contributed by atoms with Gasteiger partial charge in [-0.1, -0.05) is 6.08 Å². The molecule has 0 radical (unpaired) electrons. The average Bonchev–Trinajstić information content (AvgIpc) is 2.43. The molecule has 2 rings (SSSR count). The van der Waals surface area contributed by atoms with Crippen molar-refractivity contribution in [1.82, 2.24) is 5.32 Å². The predicted octanol–water partition coefficient (Wildman–Crippen LogP) is 1.78. The van der Waals surface area contributed by atoms with Gasteiger partial charge in [0.15, 0.2) is 0 Å². The number of carbonyl (C=O) groups is 1. The molecule has 0 bridgehead atoms. The van der Waals surface area contributed by atoms with Gasteiger partial charge < -0.3 is 14.8 Å². The minimum atomic E-state index is -0.108. The van der Waals surface area contributed by atoms with Gasteiger partial charge in [-0.15, -0.1) is 0 Å². The zero-order valence-corrected chi connectivity index (χ0v) is 10.9. The minimum absolute atomic E-state index is 0.0446. The lowest BCUT2D eigenvalue weighted by molar-refractivity contribution is -0.150. The van der Waals surface area contributed by atoms with Crippen LogP contribution in [0.25, 0.3) is 0 Å². The van der Waals surface area contributed by atoms with Crippen molar-refractivity contribution in [2.45, 2.75) is 26.2 Å². The maximum Gasteiger partial charge on any atom is 0.311 e. The molecular formula is C14H21NO3. The Morgan fingerprint density at radius 1 is 1.50 bits per heavy atom. The highest BCUT2D eigenvalue weighted by Gasteiger charge is 2.27. The molecule has 0 saturated heterocycles. The second-order valence-corrected chi connectivity index (χ2v) is 4.60. The second kappa shape index (κ2) is 6.59. The number of nitrogens with one attached hydrogen (secondary N) is 1. The van der Waals surface area contributed by atoms with Crippen LogP contribution in [0.15, 0.2) is 23.4 Å². The molecule has 0 amide bonds. The summed E-state index contributed by atoms with van der Waals surface area (Å²) in [4.78, 5) is 11.9. The van der Waals surface area contributed by atoms with Crippen molar-refractivity contribution in [1.29, 1.82) is 0 Å². The summed E-state index contributed by atoms with van der Waals surface area (Å²) in [6.45, 7) is 4.10. The summed E-state index contributed by atoms with van der Waals surface area (Å²) in [5.41, 5.74) is 2.56. The first-order chi connectivity index (χ1) is 8.81. The van der Waals surface area contributed by atoms with Crippen LogP contribution in [0.1, 0.15) is 26.2 Å². The smallest absolute Gasteiger partial charge is 0.311 e. The summed E-state index contributed by atoms with van der Waals surface area (Å²) < 4.78 is 10.4. The van der Waals surface area contributed by atoms with E-state index < -0.39 is 0 Å². The van der Waals surface area contributed by atoms with Crippen molar-refractivity contribution in [3.63, 3.8) is 0 Å². The fourth-order valence-corrected chi connectivity index (χ4v) is 2.34. The molecule has 1 aliphatic carbocycles. The topological polar surface area (TPSA) is 47.6 Å². The van der Waals surface area contributed by atoms with E-state index in [4.69, 9.17) is 9.47 Å². The summed E-state index contributed by atoms with van der Waals surface area (Å²) in [6, 6.07) is 0. The number of allylic oxidation sites excluding steroid dienone is 3. The van der Waals surface area contributed by atoms with Crippen LogP contribution in [0, 0.1) is 5.92 Å². The summed E-state index contributed by atoms with van der Waals surface area (Å²) in [5, 5.41) is 3.31. The Kier molecular flexibility index (Phi) is 4.81. The van der Waals surface area contributed by atoms with E-state index in [1.54, 1.807) is 0 Å². The number of esters is 1.